The third-order valence-corrected chi connectivity index (χ3v) is 4.27. The Balaban J connectivity index is 1.58. The summed E-state index contributed by atoms with van der Waals surface area (Å²) in [7, 11) is 0. The highest BCUT2D eigenvalue weighted by atomic mass is 16.4. The third kappa shape index (κ3) is 2.58. The van der Waals surface area contributed by atoms with Gasteiger partial charge in [0.05, 0.1) is 6.42 Å². The van der Waals surface area contributed by atoms with Crippen LogP contribution >= 0.6 is 0 Å². The molecule has 0 N–H and O–H groups in total. The first-order chi connectivity index (χ1) is 11.7. The van der Waals surface area contributed by atoms with Gasteiger partial charge < -0.3 is 9.32 Å². The molecular formula is C19H17N3O2. The van der Waals surface area contributed by atoms with Crippen molar-refractivity contribution in [2.75, 3.05) is 4.90 Å². The smallest absolute Gasteiger partial charge is 0.316 e. The number of hydrogen-bond acceptors (Lipinski definition) is 4. The van der Waals surface area contributed by atoms with Crippen molar-refractivity contribution in [2.45, 2.75) is 25.8 Å². The Hall–Kier alpha value is -2.95. The number of hydrogen-bond donors (Lipinski definition) is 0. The summed E-state index contributed by atoms with van der Waals surface area (Å²) in [6, 6.07) is 17.9. The molecule has 0 aliphatic carbocycles. The number of anilines is 1. The summed E-state index contributed by atoms with van der Waals surface area (Å²) in [6.45, 7) is 2.03. The Morgan fingerprint density at radius 1 is 1.12 bits per heavy atom. The van der Waals surface area contributed by atoms with Crippen LogP contribution in [-0.4, -0.2) is 22.1 Å². The number of carbonyl (C=O) groups is 1. The quantitative estimate of drug-likeness (QED) is 0.743. The molecule has 0 spiro atoms. The van der Waals surface area contributed by atoms with Gasteiger partial charge in [-0.25, -0.2) is 0 Å². The lowest BCUT2D eigenvalue weighted by atomic mass is 10.1. The molecule has 4 rings (SSSR count). The van der Waals surface area contributed by atoms with Crippen molar-refractivity contribution in [3.05, 3.63) is 77.5 Å². The minimum absolute atomic E-state index is 0.0458. The number of fused-ring (bicyclic) bond motifs is 1. The largest absolute Gasteiger partial charge is 0.417 e. The zero-order chi connectivity index (χ0) is 16.5. The molecule has 1 amide bonds. The van der Waals surface area contributed by atoms with Gasteiger partial charge in [-0.2, -0.15) is 0 Å². The van der Waals surface area contributed by atoms with E-state index in [1.54, 1.807) is 4.90 Å². The van der Waals surface area contributed by atoms with Gasteiger partial charge in [-0.15, -0.1) is 10.2 Å². The summed E-state index contributed by atoms with van der Waals surface area (Å²) in [5.74, 6) is 0.258. The second kappa shape index (κ2) is 5.92. The lowest BCUT2D eigenvalue weighted by Crippen LogP contribution is -2.35. The Morgan fingerprint density at radius 2 is 1.88 bits per heavy atom. The minimum Gasteiger partial charge on any atom is -0.417 e. The van der Waals surface area contributed by atoms with Gasteiger partial charge >= 0.3 is 11.8 Å². The maximum absolute atomic E-state index is 12.8. The molecule has 2 aromatic carbocycles. The molecule has 2 heterocycles. The molecule has 1 aliphatic rings. The van der Waals surface area contributed by atoms with Crippen molar-refractivity contribution >= 4 is 11.6 Å². The van der Waals surface area contributed by atoms with Gasteiger partial charge in [0.25, 0.3) is 0 Å². The lowest BCUT2D eigenvalue weighted by molar-refractivity contribution is 0.0946. The highest BCUT2D eigenvalue weighted by Crippen LogP contribution is 2.32. The van der Waals surface area contributed by atoms with Crippen LogP contribution < -0.4 is 4.90 Å². The average Bonchev–Trinajstić information content (AvgIpc) is 3.19. The Bertz CT molecular complexity index is 873. The zero-order valence-electron chi connectivity index (χ0n) is 13.3. The minimum atomic E-state index is -0.237. The molecule has 1 atom stereocenters. The number of amides is 1. The first-order valence-corrected chi connectivity index (χ1v) is 8.00. The van der Waals surface area contributed by atoms with Crippen LogP contribution in [-0.2, 0) is 12.8 Å². The van der Waals surface area contributed by atoms with Crippen molar-refractivity contribution in [3.63, 3.8) is 0 Å². The first-order valence-electron chi connectivity index (χ1n) is 8.00. The van der Waals surface area contributed by atoms with Crippen LogP contribution in [0.3, 0.4) is 0 Å². The Labute approximate surface area is 139 Å². The van der Waals surface area contributed by atoms with E-state index >= 15 is 0 Å². The van der Waals surface area contributed by atoms with E-state index in [2.05, 4.69) is 10.2 Å². The molecule has 0 radical (unpaired) electrons. The number of benzene rings is 2. The summed E-state index contributed by atoms with van der Waals surface area (Å²) in [6.07, 6.45) is 1.36. The molecule has 24 heavy (non-hydrogen) atoms. The van der Waals surface area contributed by atoms with E-state index in [1.165, 1.54) is 5.56 Å². The van der Waals surface area contributed by atoms with Crippen LogP contribution in [0.15, 0.2) is 59.0 Å². The fraction of sp³-hybridized carbons (Fsp3) is 0.211. The van der Waals surface area contributed by atoms with Crippen LogP contribution in [0.25, 0.3) is 0 Å². The molecule has 120 valence electrons. The number of rotatable bonds is 3. The maximum atomic E-state index is 12.8. The van der Waals surface area contributed by atoms with Gasteiger partial charge in [0.1, 0.15) is 0 Å². The van der Waals surface area contributed by atoms with E-state index in [-0.39, 0.29) is 17.8 Å². The molecule has 0 fully saturated rings. The fourth-order valence-corrected chi connectivity index (χ4v) is 3.16. The second-order valence-corrected chi connectivity index (χ2v) is 6.02. The van der Waals surface area contributed by atoms with Gasteiger partial charge in [0.2, 0.25) is 5.89 Å². The van der Waals surface area contributed by atoms with Crippen LogP contribution in [0, 0.1) is 0 Å². The molecule has 1 aliphatic heterocycles. The summed E-state index contributed by atoms with van der Waals surface area (Å²) >= 11 is 0. The highest BCUT2D eigenvalue weighted by Gasteiger charge is 2.33. The molecule has 0 bridgehead atoms. The summed E-state index contributed by atoms with van der Waals surface area (Å²) in [5, 5.41) is 7.98. The molecule has 0 saturated carbocycles. The van der Waals surface area contributed by atoms with E-state index in [1.807, 2.05) is 61.5 Å². The van der Waals surface area contributed by atoms with Crippen LogP contribution in [0.4, 0.5) is 5.69 Å². The predicted molar refractivity (Wildman–Crippen MR) is 90.0 cm³/mol. The summed E-state index contributed by atoms with van der Waals surface area (Å²) in [5.41, 5.74) is 3.17. The van der Waals surface area contributed by atoms with Crippen molar-refractivity contribution in [1.29, 1.82) is 0 Å². The monoisotopic (exact) mass is 319 g/mol. The van der Waals surface area contributed by atoms with E-state index < -0.39 is 0 Å². The molecular weight excluding hydrogens is 302 g/mol. The number of nitrogens with zero attached hydrogens (tertiary/aromatic N) is 3. The topological polar surface area (TPSA) is 59.2 Å². The standard InChI is InChI=1S/C19H17N3O2/c1-13-11-15-9-5-6-10-16(15)22(13)19(23)18-21-20-17(24-18)12-14-7-3-2-4-8-14/h2-10,13H,11-12H2,1H3. The van der Waals surface area contributed by atoms with Crippen LogP contribution in [0.5, 0.6) is 0 Å². The van der Waals surface area contributed by atoms with Crippen molar-refractivity contribution in [3.8, 4) is 0 Å². The van der Waals surface area contributed by atoms with Gasteiger partial charge in [-0.1, -0.05) is 48.5 Å². The zero-order valence-corrected chi connectivity index (χ0v) is 13.3. The number of aromatic nitrogens is 2. The SMILES string of the molecule is CC1Cc2ccccc2N1C(=O)c1nnc(Cc2ccccc2)o1. The Kier molecular flexibility index (Phi) is 3.61. The van der Waals surface area contributed by atoms with Gasteiger partial charge in [-0.05, 0) is 30.5 Å². The highest BCUT2D eigenvalue weighted by molar-refractivity contribution is 6.04. The normalized spacial score (nSPS) is 16.2. The summed E-state index contributed by atoms with van der Waals surface area (Å²) in [4.78, 5) is 14.6. The fourth-order valence-electron chi connectivity index (χ4n) is 3.16. The van der Waals surface area contributed by atoms with Crippen molar-refractivity contribution < 1.29 is 9.21 Å². The molecule has 5 nitrogen and oxygen atoms in total. The van der Waals surface area contributed by atoms with E-state index in [0.717, 1.165) is 17.7 Å². The maximum Gasteiger partial charge on any atom is 0.316 e. The van der Waals surface area contributed by atoms with Crippen LogP contribution in [0.2, 0.25) is 0 Å². The lowest BCUT2D eigenvalue weighted by Gasteiger charge is -2.20. The van der Waals surface area contributed by atoms with Crippen molar-refractivity contribution in [2.24, 2.45) is 0 Å². The molecule has 1 aromatic heterocycles. The van der Waals surface area contributed by atoms with Crippen LogP contribution in [0.1, 0.15) is 34.6 Å². The van der Waals surface area contributed by atoms with Gasteiger partial charge in [0.15, 0.2) is 0 Å². The molecule has 1 unspecified atom stereocenters. The molecule has 3 aromatic rings. The molecule has 5 heteroatoms. The van der Waals surface area contributed by atoms with Gasteiger partial charge in [0, 0.05) is 11.7 Å². The second-order valence-electron chi connectivity index (χ2n) is 6.02. The van der Waals surface area contributed by atoms with Crippen molar-refractivity contribution in [1.82, 2.24) is 10.2 Å². The van der Waals surface area contributed by atoms with E-state index in [4.69, 9.17) is 4.42 Å². The van der Waals surface area contributed by atoms with E-state index in [9.17, 15) is 4.79 Å². The third-order valence-electron chi connectivity index (χ3n) is 4.27. The Morgan fingerprint density at radius 3 is 2.71 bits per heavy atom. The molecule has 0 saturated heterocycles. The number of para-hydroxylation sites is 1. The number of carbonyl (C=O) groups excluding carboxylic acids is 1. The average molecular weight is 319 g/mol. The first kappa shape index (κ1) is 14.6. The van der Waals surface area contributed by atoms with E-state index in [0.29, 0.717) is 12.3 Å². The summed E-state index contributed by atoms with van der Waals surface area (Å²) < 4.78 is 5.61. The van der Waals surface area contributed by atoms with Gasteiger partial charge in [-0.3, -0.25) is 4.79 Å². The predicted octanol–water partition coefficient (Wildman–Crippen LogP) is 3.25.